The van der Waals surface area contributed by atoms with E-state index >= 15 is 0 Å². The Morgan fingerprint density at radius 1 is 1.12 bits per heavy atom. The Balaban J connectivity index is 2.13. The van der Waals surface area contributed by atoms with Gasteiger partial charge in [-0.25, -0.2) is 9.78 Å². The summed E-state index contributed by atoms with van der Waals surface area (Å²) in [7, 11) is 0. The number of carboxylic acid groups (broad SMARTS) is 1. The number of nitrogens with one attached hydrogen (secondary N) is 2. The highest BCUT2D eigenvalue weighted by atomic mass is 35.5. The number of hydrogen-bond donors (Lipinski definition) is 4. The van der Waals surface area contributed by atoms with Gasteiger partial charge in [0.15, 0.2) is 0 Å². The van der Waals surface area contributed by atoms with E-state index in [4.69, 9.17) is 23.2 Å². The van der Waals surface area contributed by atoms with Gasteiger partial charge in [0.05, 0.1) is 31.4 Å². The third kappa shape index (κ3) is 5.21. The van der Waals surface area contributed by atoms with Gasteiger partial charge in [-0.3, -0.25) is 14.9 Å². The summed E-state index contributed by atoms with van der Waals surface area (Å²) < 4.78 is 0. The van der Waals surface area contributed by atoms with Crippen molar-refractivity contribution in [3.05, 3.63) is 56.1 Å². The molecule has 0 radical (unpaired) electrons. The number of nitro benzene ring substituents is 1. The van der Waals surface area contributed by atoms with E-state index in [2.05, 4.69) is 20.6 Å². The van der Waals surface area contributed by atoms with Crippen LogP contribution in [0.2, 0.25) is 10.0 Å². The second-order valence-electron chi connectivity index (χ2n) is 7.30. The van der Waals surface area contributed by atoms with Crippen LogP contribution in [0.25, 0.3) is 10.9 Å². The zero-order chi connectivity index (χ0) is 24.4. The van der Waals surface area contributed by atoms with Crippen LogP contribution >= 0.6 is 23.2 Å². The van der Waals surface area contributed by atoms with Crippen molar-refractivity contribution in [3.63, 3.8) is 0 Å². The van der Waals surface area contributed by atoms with E-state index in [1.165, 1.54) is 12.1 Å². The first kappa shape index (κ1) is 24.0. The molecule has 0 aliphatic carbocycles. The number of aromatic nitrogens is 2. The minimum atomic E-state index is -1.27. The molecule has 0 aliphatic heterocycles. The van der Waals surface area contributed by atoms with E-state index in [9.17, 15) is 29.9 Å². The Hall–Kier alpha value is -3.70. The molecule has 11 nitrogen and oxygen atoms in total. The molecule has 33 heavy (non-hydrogen) atoms. The summed E-state index contributed by atoms with van der Waals surface area (Å²) in [6.45, 7) is 3.19. The molecule has 13 heteroatoms. The number of nitrogens with zero attached hydrogens (tertiary/aromatic N) is 3. The molecule has 3 rings (SSSR count). The van der Waals surface area contributed by atoms with Gasteiger partial charge in [-0.15, -0.1) is 0 Å². The number of anilines is 2. The zero-order valence-electron chi connectivity index (χ0n) is 17.2. The maximum absolute atomic E-state index is 12.9. The van der Waals surface area contributed by atoms with Crippen LogP contribution in [0, 0.1) is 16.0 Å². The molecule has 0 unspecified atom stereocenters. The fourth-order valence-electron chi connectivity index (χ4n) is 2.97. The molecule has 0 fully saturated rings. The summed E-state index contributed by atoms with van der Waals surface area (Å²) in [6.07, 6.45) is 0. The Labute approximate surface area is 196 Å². The summed E-state index contributed by atoms with van der Waals surface area (Å²) in [6, 6.07) is 5.29. The van der Waals surface area contributed by atoms with E-state index in [1.54, 1.807) is 19.9 Å². The van der Waals surface area contributed by atoms with Gasteiger partial charge in [-0.05, 0) is 24.1 Å². The lowest BCUT2D eigenvalue weighted by Crippen LogP contribution is -2.44. The number of carbonyl (C=O) groups is 2. The van der Waals surface area contributed by atoms with Gasteiger partial charge in [0, 0.05) is 17.8 Å². The Kier molecular flexibility index (Phi) is 6.84. The van der Waals surface area contributed by atoms with Gasteiger partial charge in [-0.1, -0.05) is 37.0 Å². The number of carbonyl (C=O) groups excluding carboxylic acids is 1. The van der Waals surface area contributed by atoms with Crippen molar-refractivity contribution >= 4 is 63.3 Å². The Morgan fingerprint density at radius 2 is 1.82 bits per heavy atom. The summed E-state index contributed by atoms with van der Waals surface area (Å²) in [4.78, 5) is 43.1. The zero-order valence-corrected chi connectivity index (χ0v) is 18.7. The van der Waals surface area contributed by atoms with Crippen molar-refractivity contribution in [2.75, 3.05) is 5.32 Å². The predicted octanol–water partition coefficient (Wildman–Crippen LogP) is 4.13. The fraction of sp³-hybridized carbons (Fsp3) is 0.200. The van der Waals surface area contributed by atoms with E-state index in [0.717, 1.165) is 12.1 Å². The van der Waals surface area contributed by atoms with Crippen molar-refractivity contribution < 1.29 is 24.7 Å². The number of rotatable bonds is 7. The topological polar surface area (TPSA) is 168 Å². The maximum atomic E-state index is 12.9. The molecule has 4 N–H and O–H groups in total. The van der Waals surface area contributed by atoms with Crippen LogP contribution in [0.4, 0.5) is 17.3 Å². The number of non-ortho nitro benzene ring substituents is 1. The third-order valence-electron chi connectivity index (χ3n) is 4.62. The van der Waals surface area contributed by atoms with E-state index < -0.39 is 40.3 Å². The van der Waals surface area contributed by atoms with Crippen LogP contribution < -0.4 is 10.6 Å². The fourth-order valence-corrected chi connectivity index (χ4v) is 3.27. The minimum absolute atomic E-state index is 0.124. The number of nitro groups is 1. The molecule has 0 spiro atoms. The average Bonchev–Trinajstić information content (AvgIpc) is 2.73. The molecule has 1 aromatic heterocycles. The second kappa shape index (κ2) is 9.43. The second-order valence-corrected chi connectivity index (χ2v) is 8.12. The molecule has 2 aromatic carbocycles. The molecule has 0 saturated carbocycles. The predicted molar refractivity (Wildman–Crippen MR) is 121 cm³/mol. The molecule has 3 aromatic rings. The number of hydrogen-bond acceptors (Lipinski definition) is 8. The SMILES string of the molecule is CC(C)[C@@H](NC(=O)c1cc([N+](=O)[O-])cc2c(O)nc(Nc3ccc(Cl)c(Cl)c3)nc12)C(=O)O. The minimum Gasteiger partial charge on any atom is -0.493 e. The highest BCUT2D eigenvalue weighted by molar-refractivity contribution is 6.42. The molecule has 1 amide bonds. The molecule has 0 bridgehead atoms. The Morgan fingerprint density at radius 3 is 2.39 bits per heavy atom. The lowest BCUT2D eigenvalue weighted by atomic mass is 10.0. The highest BCUT2D eigenvalue weighted by Crippen LogP contribution is 2.32. The van der Waals surface area contributed by atoms with Gasteiger partial charge >= 0.3 is 5.97 Å². The summed E-state index contributed by atoms with van der Waals surface area (Å²) >= 11 is 11.9. The van der Waals surface area contributed by atoms with Crippen molar-refractivity contribution in [2.45, 2.75) is 19.9 Å². The van der Waals surface area contributed by atoms with Crippen LogP contribution in [0.1, 0.15) is 24.2 Å². The van der Waals surface area contributed by atoms with Gasteiger partial charge in [-0.2, -0.15) is 4.98 Å². The monoisotopic (exact) mass is 493 g/mol. The quantitative estimate of drug-likeness (QED) is 0.279. The van der Waals surface area contributed by atoms with Crippen LogP contribution in [0.5, 0.6) is 5.88 Å². The van der Waals surface area contributed by atoms with E-state index in [1.807, 2.05) is 0 Å². The lowest BCUT2D eigenvalue weighted by Gasteiger charge is -2.18. The van der Waals surface area contributed by atoms with Crippen LogP contribution in [-0.2, 0) is 4.79 Å². The summed E-state index contributed by atoms with van der Waals surface area (Å²) in [5, 5.41) is 36.7. The Bertz CT molecular complexity index is 1280. The molecule has 1 heterocycles. The first-order valence-corrected chi connectivity index (χ1v) is 10.2. The first-order valence-electron chi connectivity index (χ1n) is 9.42. The number of aromatic hydroxyl groups is 1. The first-order chi connectivity index (χ1) is 15.5. The molecule has 172 valence electrons. The van der Waals surface area contributed by atoms with Gasteiger partial charge < -0.3 is 20.8 Å². The van der Waals surface area contributed by atoms with Crippen LogP contribution in [-0.4, -0.2) is 43.0 Å². The van der Waals surface area contributed by atoms with E-state index in [-0.39, 0.29) is 27.4 Å². The van der Waals surface area contributed by atoms with Gasteiger partial charge in [0.25, 0.3) is 11.6 Å². The summed E-state index contributed by atoms with van der Waals surface area (Å²) in [5.41, 5.74) is -0.517. The van der Waals surface area contributed by atoms with Crippen molar-refractivity contribution in [2.24, 2.45) is 5.92 Å². The number of amides is 1. The van der Waals surface area contributed by atoms with Gasteiger partial charge in [0.2, 0.25) is 11.8 Å². The largest absolute Gasteiger partial charge is 0.493 e. The van der Waals surface area contributed by atoms with Crippen molar-refractivity contribution in [1.29, 1.82) is 0 Å². The lowest BCUT2D eigenvalue weighted by molar-refractivity contribution is -0.384. The smallest absolute Gasteiger partial charge is 0.326 e. The highest BCUT2D eigenvalue weighted by Gasteiger charge is 2.27. The maximum Gasteiger partial charge on any atom is 0.326 e. The molecular formula is C20H17Cl2N5O6. The van der Waals surface area contributed by atoms with Crippen molar-refractivity contribution in [1.82, 2.24) is 15.3 Å². The van der Waals surface area contributed by atoms with Crippen LogP contribution in [0.3, 0.4) is 0 Å². The standard InChI is InChI=1S/C20H17Cl2N5O6/c1-8(2)15(19(30)31)24-17(28)11-6-10(27(32)33)7-12-16(11)25-20(26-18(12)29)23-9-3-4-13(21)14(22)5-9/h3-8,15H,1-2H3,(H,24,28)(H,30,31)(H2,23,25,26,29)/t15-/m1/s1. The molecule has 0 saturated heterocycles. The third-order valence-corrected chi connectivity index (χ3v) is 5.35. The van der Waals surface area contributed by atoms with Crippen LogP contribution in [0.15, 0.2) is 30.3 Å². The number of fused-ring (bicyclic) bond motifs is 1. The number of aliphatic carboxylic acids is 1. The molecule has 1 atom stereocenters. The van der Waals surface area contributed by atoms with E-state index in [0.29, 0.717) is 10.7 Å². The normalized spacial score (nSPS) is 11.9. The average molecular weight is 494 g/mol. The number of halogens is 2. The summed E-state index contributed by atoms with van der Waals surface area (Å²) in [5.74, 6) is -3.42. The van der Waals surface area contributed by atoms with Gasteiger partial charge in [0.1, 0.15) is 6.04 Å². The van der Waals surface area contributed by atoms with Crippen molar-refractivity contribution in [3.8, 4) is 5.88 Å². The number of carboxylic acids is 1. The molecular weight excluding hydrogens is 477 g/mol. The number of benzene rings is 2. The molecule has 0 aliphatic rings.